The number of aromatic amines is 1. The zero-order valence-electron chi connectivity index (χ0n) is 12.9. The van der Waals surface area contributed by atoms with Crippen LogP contribution in [0.15, 0.2) is 23.0 Å². The van der Waals surface area contributed by atoms with Crippen molar-refractivity contribution < 1.29 is 9.13 Å². The number of hydrogen-bond donors (Lipinski definition) is 1. The van der Waals surface area contributed by atoms with Crippen molar-refractivity contribution in [3.8, 4) is 17.0 Å². The zero-order chi connectivity index (χ0) is 15.8. The standard InChI is InChI=1S/C16H19FN2O2/c1-9-13(11-7-6-10(21-5)8-12(11)17)18-15(16(2,3)4)19-14(9)20/h6-8H,1-5H3,(H,18,19,20). The van der Waals surface area contributed by atoms with Crippen LogP contribution >= 0.6 is 0 Å². The largest absolute Gasteiger partial charge is 0.497 e. The van der Waals surface area contributed by atoms with Crippen molar-refractivity contribution in [2.24, 2.45) is 0 Å². The second-order valence-electron chi connectivity index (χ2n) is 5.98. The van der Waals surface area contributed by atoms with Crippen molar-refractivity contribution in [3.05, 3.63) is 45.8 Å². The van der Waals surface area contributed by atoms with Gasteiger partial charge < -0.3 is 9.72 Å². The van der Waals surface area contributed by atoms with Crippen molar-refractivity contribution in [1.82, 2.24) is 9.97 Å². The van der Waals surface area contributed by atoms with Gasteiger partial charge in [-0.2, -0.15) is 0 Å². The molecule has 0 saturated heterocycles. The number of methoxy groups -OCH3 is 1. The van der Waals surface area contributed by atoms with Gasteiger partial charge in [0.15, 0.2) is 0 Å². The molecule has 0 spiro atoms. The van der Waals surface area contributed by atoms with Crippen LogP contribution in [-0.2, 0) is 5.41 Å². The van der Waals surface area contributed by atoms with Gasteiger partial charge in [0.2, 0.25) is 0 Å². The Morgan fingerprint density at radius 1 is 1.29 bits per heavy atom. The van der Waals surface area contributed by atoms with E-state index in [0.717, 1.165) is 0 Å². The average Bonchev–Trinajstić information content (AvgIpc) is 2.40. The highest BCUT2D eigenvalue weighted by Gasteiger charge is 2.21. The summed E-state index contributed by atoms with van der Waals surface area (Å²) in [5.41, 5.74) is 0.478. The summed E-state index contributed by atoms with van der Waals surface area (Å²) >= 11 is 0. The van der Waals surface area contributed by atoms with Gasteiger partial charge in [0, 0.05) is 22.6 Å². The summed E-state index contributed by atoms with van der Waals surface area (Å²) in [5.74, 6) is 0.494. The molecule has 2 rings (SSSR count). The predicted octanol–water partition coefficient (Wildman–Crippen LogP) is 3.19. The highest BCUT2D eigenvalue weighted by Crippen LogP contribution is 2.27. The molecule has 1 aromatic carbocycles. The lowest BCUT2D eigenvalue weighted by Gasteiger charge is -2.19. The quantitative estimate of drug-likeness (QED) is 0.924. The number of hydrogen-bond acceptors (Lipinski definition) is 3. The maximum atomic E-state index is 14.2. The molecule has 2 aromatic rings. The third-order valence-corrected chi connectivity index (χ3v) is 3.29. The maximum absolute atomic E-state index is 14.2. The lowest BCUT2D eigenvalue weighted by Crippen LogP contribution is -2.24. The molecule has 5 heteroatoms. The Kier molecular flexibility index (Phi) is 3.85. The van der Waals surface area contributed by atoms with Crippen LogP contribution in [0.4, 0.5) is 4.39 Å². The van der Waals surface area contributed by atoms with E-state index in [2.05, 4.69) is 9.97 Å². The smallest absolute Gasteiger partial charge is 0.254 e. The van der Waals surface area contributed by atoms with Crippen molar-refractivity contribution in [3.63, 3.8) is 0 Å². The van der Waals surface area contributed by atoms with Crippen molar-refractivity contribution in [1.29, 1.82) is 0 Å². The van der Waals surface area contributed by atoms with Crippen LogP contribution in [0.5, 0.6) is 5.75 Å². The first-order chi connectivity index (χ1) is 9.74. The zero-order valence-corrected chi connectivity index (χ0v) is 12.9. The van der Waals surface area contributed by atoms with Crippen LogP contribution in [0.2, 0.25) is 0 Å². The third kappa shape index (κ3) is 2.96. The van der Waals surface area contributed by atoms with Gasteiger partial charge in [-0.3, -0.25) is 4.79 Å². The van der Waals surface area contributed by atoms with Crippen molar-refractivity contribution in [2.45, 2.75) is 33.1 Å². The molecule has 0 amide bonds. The molecule has 21 heavy (non-hydrogen) atoms. The summed E-state index contributed by atoms with van der Waals surface area (Å²) in [4.78, 5) is 19.3. The van der Waals surface area contributed by atoms with Gasteiger partial charge in [-0.15, -0.1) is 0 Å². The lowest BCUT2D eigenvalue weighted by molar-refractivity contribution is 0.411. The van der Waals surface area contributed by atoms with Crippen molar-refractivity contribution in [2.75, 3.05) is 7.11 Å². The minimum absolute atomic E-state index is 0.250. The molecule has 0 aliphatic carbocycles. The monoisotopic (exact) mass is 290 g/mol. The maximum Gasteiger partial charge on any atom is 0.254 e. The summed E-state index contributed by atoms with van der Waals surface area (Å²) in [7, 11) is 1.48. The van der Waals surface area contributed by atoms with Crippen LogP contribution in [0.3, 0.4) is 0 Å². The van der Waals surface area contributed by atoms with Crippen LogP contribution < -0.4 is 10.3 Å². The van der Waals surface area contributed by atoms with E-state index in [9.17, 15) is 9.18 Å². The Labute approximate surface area is 123 Å². The second-order valence-corrected chi connectivity index (χ2v) is 5.98. The molecule has 0 unspecified atom stereocenters. The number of benzene rings is 1. The molecule has 0 radical (unpaired) electrons. The molecule has 0 bridgehead atoms. The fourth-order valence-electron chi connectivity index (χ4n) is 1.96. The summed E-state index contributed by atoms with van der Waals surface area (Å²) < 4.78 is 19.2. The van der Waals surface area contributed by atoms with Gasteiger partial charge in [-0.05, 0) is 19.1 Å². The number of H-pyrrole nitrogens is 1. The third-order valence-electron chi connectivity index (χ3n) is 3.29. The molecular formula is C16H19FN2O2. The molecule has 1 N–H and O–H groups in total. The summed E-state index contributed by atoms with van der Waals surface area (Å²) in [5, 5.41) is 0. The normalized spacial score (nSPS) is 11.5. The van der Waals surface area contributed by atoms with Gasteiger partial charge >= 0.3 is 0 Å². The number of ether oxygens (including phenoxy) is 1. The molecule has 4 nitrogen and oxygen atoms in total. The van der Waals surface area contributed by atoms with Gasteiger partial charge in [0.05, 0.1) is 12.8 Å². The van der Waals surface area contributed by atoms with E-state index in [4.69, 9.17) is 4.74 Å². The van der Waals surface area contributed by atoms with Gasteiger partial charge in [0.1, 0.15) is 17.4 Å². The summed E-state index contributed by atoms with van der Waals surface area (Å²) in [6.07, 6.45) is 0. The minimum atomic E-state index is -0.463. The number of halogens is 1. The molecule has 1 aromatic heterocycles. The molecule has 0 saturated carbocycles. The van der Waals surface area contributed by atoms with E-state index in [0.29, 0.717) is 28.4 Å². The Hall–Kier alpha value is -2.17. The first-order valence-corrected chi connectivity index (χ1v) is 6.69. The Bertz CT molecular complexity index is 730. The van der Waals surface area contributed by atoms with Crippen molar-refractivity contribution >= 4 is 0 Å². The summed E-state index contributed by atoms with van der Waals surface area (Å²) in [6.45, 7) is 7.45. The second kappa shape index (κ2) is 5.31. The number of nitrogens with one attached hydrogen (secondary N) is 1. The van der Waals surface area contributed by atoms with Gasteiger partial charge in [-0.25, -0.2) is 9.37 Å². The Balaban J connectivity index is 2.69. The molecule has 1 heterocycles. The van der Waals surface area contributed by atoms with Crippen LogP contribution in [0.25, 0.3) is 11.3 Å². The highest BCUT2D eigenvalue weighted by atomic mass is 19.1. The predicted molar refractivity (Wildman–Crippen MR) is 80.2 cm³/mol. The Morgan fingerprint density at radius 3 is 2.48 bits per heavy atom. The fourth-order valence-corrected chi connectivity index (χ4v) is 1.96. The number of nitrogens with zero attached hydrogens (tertiary/aromatic N) is 1. The van der Waals surface area contributed by atoms with E-state index in [1.54, 1.807) is 19.1 Å². The van der Waals surface area contributed by atoms with E-state index < -0.39 is 5.82 Å². The molecule has 0 aliphatic rings. The van der Waals surface area contributed by atoms with E-state index in [1.807, 2.05) is 20.8 Å². The molecule has 0 atom stereocenters. The van der Waals surface area contributed by atoms with E-state index in [1.165, 1.54) is 13.2 Å². The minimum Gasteiger partial charge on any atom is -0.497 e. The topological polar surface area (TPSA) is 55.0 Å². The van der Waals surface area contributed by atoms with Crippen LogP contribution in [0.1, 0.15) is 32.2 Å². The van der Waals surface area contributed by atoms with Gasteiger partial charge in [-0.1, -0.05) is 20.8 Å². The molecule has 0 fully saturated rings. The van der Waals surface area contributed by atoms with E-state index in [-0.39, 0.29) is 11.0 Å². The Morgan fingerprint density at radius 2 is 1.95 bits per heavy atom. The fraction of sp³-hybridized carbons (Fsp3) is 0.375. The summed E-state index contributed by atoms with van der Waals surface area (Å²) in [6, 6.07) is 4.52. The first kappa shape index (κ1) is 15.2. The number of rotatable bonds is 2. The van der Waals surface area contributed by atoms with Crippen LogP contribution in [0, 0.1) is 12.7 Å². The van der Waals surface area contributed by atoms with E-state index >= 15 is 0 Å². The highest BCUT2D eigenvalue weighted by molar-refractivity contribution is 5.64. The average molecular weight is 290 g/mol. The lowest BCUT2D eigenvalue weighted by atomic mass is 9.95. The molecule has 112 valence electrons. The molecule has 0 aliphatic heterocycles. The SMILES string of the molecule is COc1ccc(-c2nc(C(C)(C)C)[nH]c(=O)c2C)c(F)c1. The number of aromatic nitrogens is 2. The molecular weight excluding hydrogens is 271 g/mol. The van der Waals surface area contributed by atoms with Crippen LogP contribution in [-0.4, -0.2) is 17.1 Å². The first-order valence-electron chi connectivity index (χ1n) is 6.69. The van der Waals surface area contributed by atoms with Gasteiger partial charge in [0.25, 0.3) is 5.56 Å².